The molecule has 2 aromatic carbocycles. The van der Waals surface area contributed by atoms with Crippen LogP contribution in [0.25, 0.3) is 11.3 Å². The monoisotopic (exact) mass is 655 g/mol. The van der Waals surface area contributed by atoms with Crippen molar-refractivity contribution in [2.75, 3.05) is 25.0 Å². The third kappa shape index (κ3) is 9.66. The molecule has 0 fully saturated rings. The largest absolute Gasteiger partial charge is 0.387 e. The molecule has 1 aromatic heterocycles. The fourth-order valence-corrected chi connectivity index (χ4v) is 5.22. The van der Waals surface area contributed by atoms with Gasteiger partial charge in [-0.15, -0.1) is 0 Å². The Morgan fingerprint density at radius 1 is 1.06 bits per heavy atom. The van der Waals surface area contributed by atoms with E-state index in [2.05, 4.69) is 10.6 Å². The molecule has 3 aromatic rings. The van der Waals surface area contributed by atoms with Crippen LogP contribution in [0.15, 0.2) is 48.7 Å². The maximum atomic E-state index is 15.0. The number of aromatic nitrogens is 2. The molecule has 0 radical (unpaired) electrons. The Labute approximate surface area is 274 Å². The molecule has 0 spiro atoms. The summed E-state index contributed by atoms with van der Waals surface area (Å²) in [4.78, 5) is 44.7. The molecule has 13 heteroatoms. The van der Waals surface area contributed by atoms with E-state index in [0.717, 1.165) is 23.8 Å². The summed E-state index contributed by atoms with van der Waals surface area (Å²) in [5.74, 6) is -2.39. The topological polar surface area (TPSA) is 169 Å². The summed E-state index contributed by atoms with van der Waals surface area (Å²) in [7, 11) is 0. The van der Waals surface area contributed by atoms with E-state index in [1.54, 1.807) is 35.9 Å². The summed E-state index contributed by atoms with van der Waals surface area (Å²) in [5.41, 5.74) is 12.4. The van der Waals surface area contributed by atoms with Gasteiger partial charge in [0.1, 0.15) is 30.1 Å². The van der Waals surface area contributed by atoms with E-state index in [4.69, 9.17) is 16.5 Å². The Balaban J connectivity index is 2.04. The average molecular weight is 656 g/mol. The first-order chi connectivity index (χ1) is 22.1. The Morgan fingerprint density at radius 2 is 1.77 bits per heavy atom. The molecular weight excluding hydrogens is 608 g/mol. The first-order valence-corrected chi connectivity index (χ1v) is 15.7. The van der Waals surface area contributed by atoms with Crippen molar-refractivity contribution in [2.45, 2.75) is 72.6 Å². The van der Waals surface area contributed by atoms with Gasteiger partial charge in [0.15, 0.2) is 0 Å². The fourth-order valence-electron chi connectivity index (χ4n) is 5.22. The molecule has 0 saturated heterocycles. The maximum Gasteiger partial charge on any atom is 0.248 e. The van der Waals surface area contributed by atoms with Crippen LogP contribution in [0, 0.1) is 23.0 Å². The predicted molar refractivity (Wildman–Crippen MR) is 177 cm³/mol. The number of nitrogens with one attached hydrogen (secondary N) is 2. The van der Waals surface area contributed by atoms with Crippen LogP contribution in [0.1, 0.15) is 65.4 Å². The fraction of sp³-hybridized carbons (Fsp3) is 0.471. The third-order valence-corrected chi connectivity index (χ3v) is 7.77. The number of nitrogens with two attached hydrogens (primary N) is 2. The molecular formula is C34H47F2N7O4. The summed E-state index contributed by atoms with van der Waals surface area (Å²) >= 11 is 0. The standard InChI is InChI=1S/C34H47F2N7O4/c1-20(2)29(38)33(47)39-21(3)32(46)40-24-10-7-9-22(15-24)17-42-18-27(25-16-23(35)11-12-26(25)36)41-31(42)30(34(4,5)6)43(14-8-13-37)28(45)19-44/h7,9-12,15-16,18,20-21,29-30,44H,8,13-14,17,19,37-38H2,1-6H3,(H,39,47)(H,40,46)/t21-,29?,30?/m0/s1. The Bertz CT molecular complexity index is 1550. The number of nitrogens with zero attached hydrogens (tertiary/aromatic N) is 3. The zero-order valence-corrected chi connectivity index (χ0v) is 27.9. The SMILES string of the molecule is CC(C)C(N)C(=O)N[C@@H](C)C(=O)Nc1cccc(Cn2cc(-c3cc(F)ccc3F)nc2C(N(CCCN)C(=O)CO)C(C)(C)C)c1. The normalized spacial score (nSPS) is 13.6. The number of halogens is 2. The Hall–Kier alpha value is -4.20. The van der Waals surface area contributed by atoms with Crippen molar-refractivity contribution in [1.82, 2.24) is 19.8 Å². The number of aliphatic hydroxyl groups excluding tert-OH is 1. The van der Waals surface area contributed by atoms with E-state index >= 15 is 0 Å². The molecule has 0 aliphatic rings. The van der Waals surface area contributed by atoms with Crippen LogP contribution in [0.3, 0.4) is 0 Å². The number of aliphatic hydroxyl groups is 1. The molecule has 256 valence electrons. The zero-order chi connectivity index (χ0) is 35.1. The number of carbonyl (C=O) groups is 3. The first kappa shape index (κ1) is 37.3. The number of rotatable bonds is 14. The third-order valence-electron chi connectivity index (χ3n) is 7.77. The molecule has 0 aliphatic heterocycles. The number of carbonyl (C=O) groups excluding carboxylic acids is 3. The van der Waals surface area contributed by atoms with Gasteiger partial charge in [-0.05, 0) is 67.1 Å². The average Bonchev–Trinajstić information content (AvgIpc) is 3.40. The minimum absolute atomic E-state index is 0.0473. The Morgan fingerprint density at radius 3 is 2.38 bits per heavy atom. The zero-order valence-electron chi connectivity index (χ0n) is 27.9. The number of benzene rings is 2. The molecule has 0 bridgehead atoms. The van der Waals surface area contributed by atoms with E-state index in [-0.39, 0.29) is 30.3 Å². The number of imidazole rings is 1. The van der Waals surface area contributed by atoms with Crippen LogP contribution in [-0.4, -0.2) is 69.1 Å². The highest BCUT2D eigenvalue weighted by Crippen LogP contribution is 2.39. The molecule has 2 unspecified atom stereocenters. The van der Waals surface area contributed by atoms with Crippen molar-refractivity contribution in [3.63, 3.8) is 0 Å². The number of hydrogen-bond donors (Lipinski definition) is 5. The molecule has 3 rings (SSSR count). The van der Waals surface area contributed by atoms with Crippen LogP contribution < -0.4 is 22.1 Å². The molecule has 47 heavy (non-hydrogen) atoms. The van der Waals surface area contributed by atoms with Gasteiger partial charge in [0.25, 0.3) is 0 Å². The van der Waals surface area contributed by atoms with Gasteiger partial charge < -0.3 is 36.7 Å². The minimum atomic E-state index is -0.851. The number of anilines is 1. The van der Waals surface area contributed by atoms with Crippen molar-refractivity contribution < 1.29 is 28.3 Å². The summed E-state index contributed by atoms with van der Waals surface area (Å²) in [6.07, 6.45) is 2.06. The number of amides is 3. The van der Waals surface area contributed by atoms with Gasteiger partial charge >= 0.3 is 0 Å². The quantitative estimate of drug-likeness (QED) is 0.177. The molecule has 7 N–H and O–H groups in total. The van der Waals surface area contributed by atoms with Crippen LogP contribution in [0.5, 0.6) is 0 Å². The van der Waals surface area contributed by atoms with E-state index < -0.39 is 59.5 Å². The molecule has 1 heterocycles. The second-order valence-electron chi connectivity index (χ2n) is 13.1. The van der Waals surface area contributed by atoms with Crippen LogP contribution in [0.2, 0.25) is 0 Å². The van der Waals surface area contributed by atoms with Crippen molar-refractivity contribution >= 4 is 23.4 Å². The van der Waals surface area contributed by atoms with Crippen LogP contribution >= 0.6 is 0 Å². The van der Waals surface area contributed by atoms with E-state index in [9.17, 15) is 28.3 Å². The molecule has 3 amide bonds. The van der Waals surface area contributed by atoms with Gasteiger partial charge in [0.05, 0.1) is 17.8 Å². The highest BCUT2D eigenvalue weighted by Gasteiger charge is 2.38. The summed E-state index contributed by atoms with van der Waals surface area (Å²) in [5, 5.41) is 15.3. The summed E-state index contributed by atoms with van der Waals surface area (Å²) < 4.78 is 31.0. The molecule has 11 nitrogen and oxygen atoms in total. The lowest BCUT2D eigenvalue weighted by Crippen LogP contribution is -2.50. The summed E-state index contributed by atoms with van der Waals surface area (Å²) in [6, 6.07) is 7.84. The lowest BCUT2D eigenvalue weighted by Gasteiger charge is -2.40. The molecule has 3 atom stereocenters. The van der Waals surface area contributed by atoms with Gasteiger partial charge in [-0.2, -0.15) is 0 Å². The minimum Gasteiger partial charge on any atom is -0.387 e. The highest BCUT2D eigenvalue weighted by atomic mass is 19.1. The lowest BCUT2D eigenvalue weighted by molar-refractivity contribution is -0.139. The Kier molecular flexibility index (Phi) is 12.7. The van der Waals surface area contributed by atoms with Crippen molar-refractivity contribution in [3.05, 3.63) is 71.7 Å². The summed E-state index contributed by atoms with van der Waals surface area (Å²) in [6.45, 7) is 11.0. The maximum absolute atomic E-state index is 15.0. The van der Waals surface area contributed by atoms with Crippen molar-refractivity contribution in [1.29, 1.82) is 0 Å². The smallest absolute Gasteiger partial charge is 0.248 e. The van der Waals surface area contributed by atoms with Gasteiger partial charge in [-0.3, -0.25) is 14.4 Å². The van der Waals surface area contributed by atoms with E-state index in [0.29, 0.717) is 24.5 Å². The molecule has 0 aliphatic carbocycles. The second-order valence-corrected chi connectivity index (χ2v) is 13.1. The van der Waals surface area contributed by atoms with Crippen molar-refractivity contribution in [3.8, 4) is 11.3 Å². The lowest BCUT2D eigenvalue weighted by atomic mass is 9.84. The van der Waals surface area contributed by atoms with Gasteiger partial charge in [-0.25, -0.2) is 13.8 Å². The van der Waals surface area contributed by atoms with Crippen LogP contribution in [-0.2, 0) is 20.9 Å². The van der Waals surface area contributed by atoms with Crippen LogP contribution in [0.4, 0.5) is 14.5 Å². The van der Waals surface area contributed by atoms with Crippen molar-refractivity contribution in [2.24, 2.45) is 22.8 Å². The predicted octanol–water partition coefficient (Wildman–Crippen LogP) is 3.56. The first-order valence-electron chi connectivity index (χ1n) is 15.7. The highest BCUT2D eigenvalue weighted by molar-refractivity contribution is 5.97. The second kappa shape index (κ2) is 16.1. The van der Waals surface area contributed by atoms with E-state index in [1.165, 1.54) is 4.90 Å². The number of hydrogen-bond acceptors (Lipinski definition) is 7. The molecule has 0 saturated carbocycles. The van der Waals surface area contributed by atoms with Gasteiger partial charge in [-0.1, -0.05) is 46.8 Å². The van der Waals surface area contributed by atoms with Gasteiger partial charge in [0.2, 0.25) is 17.7 Å². The van der Waals surface area contributed by atoms with Gasteiger partial charge in [0, 0.05) is 30.5 Å². The van der Waals surface area contributed by atoms with E-state index in [1.807, 2.05) is 40.7 Å².